The number of rotatable bonds is 13. The molecule has 0 saturated heterocycles. The maximum atomic E-state index is 10.5. The van der Waals surface area contributed by atoms with Gasteiger partial charge in [-0.1, -0.05) is 81.2 Å². The van der Waals surface area contributed by atoms with E-state index >= 15 is 0 Å². The zero-order chi connectivity index (χ0) is 24.6. The van der Waals surface area contributed by atoms with Gasteiger partial charge in [0.25, 0.3) is 0 Å². The second-order valence-electron chi connectivity index (χ2n) is 10.4. The van der Waals surface area contributed by atoms with Crippen molar-refractivity contribution in [3.8, 4) is 23.7 Å². The molecule has 0 aromatic rings. The molecule has 0 aliphatic heterocycles. The van der Waals surface area contributed by atoms with Gasteiger partial charge in [-0.3, -0.25) is 0 Å². The van der Waals surface area contributed by atoms with E-state index < -0.39 is 11.2 Å². The predicted octanol–water partition coefficient (Wildman–Crippen LogP) is 7.38. The molecule has 32 heavy (non-hydrogen) atoms. The molecule has 0 spiro atoms. The Kier molecular flexibility index (Phi) is 15.1. The number of hydrogen-bond acceptors (Lipinski definition) is 2. The molecule has 2 heteroatoms. The van der Waals surface area contributed by atoms with E-state index in [9.17, 15) is 10.2 Å². The van der Waals surface area contributed by atoms with Crippen LogP contribution in [0.1, 0.15) is 107 Å². The normalized spacial score (nSPS) is 16.4. The number of hydrogen-bond donors (Lipinski definition) is 2. The molecular weight excluding hydrogens is 392 g/mol. The van der Waals surface area contributed by atoms with E-state index in [2.05, 4.69) is 77.4 Å². The van der Waals surface area contributed by atoms with Crippen molar-refractivity contribution in [2.45, 2.75) is 118 Å². The molecule has 0 aliphatic carbocycles. The molecule has 0 aromatic heterocycles. The first-order chi connectivity index (χ1) is 14.8. The summed E-state index contributed by atoms with van der Waals surface area (Å²) in [6.07, 6.45) is 16.3. The highest BCUT2D eigenvalue weighted by atomic mass is 16.3. The van der Waals surface area contributed by atoms with Crippen LogP contribution in [0.3, 0.4) is 0 Å². The summed E-state index contributed by atoms with van der Waals surface area (Å²) >= 11 is 0. The molecule has 0 bridgehead atoms. The van der Waals surface area contributed by atoms with Gasteiger partial charge in [-0.05, 0) is 96.5 Å². The third-order valence-electron chi connectivity index (χ3n) is 5.38. The summed E-state index contributed by atoms with van der Waals surface area (Å²) in [4.78, 5) is 0. The van der Waals surface area contributed by atoms with Crippen LogP contribution in [0.15, 0.2) is 35.5 Å². The first-order valence-electron chi connectivity index (χ1n) is 12.3. The molecule has 0 heterocycles. The number of allylic oxidation sites excluding steroid dienone is 5. The van der Waals surface area contributed by atoms with Crippen molar-refractivity contribution in [1.82, 2.24) is 0 Å². The van der Waals surface area contributed by atoms with Gasteiger partial charge in [0.15, 0.2) is 0 Å². The van der Waals surface area contributed by atoms with Crippen LogP contribution in [-0.2, 0) is 0 Å². The highest BCUT2D eigenvalue weighted by Crippen LogP contribution is 2.17. The van der Waals surface area contributed by atoms with Crippen molar-refractivity contribution in [2.24, 2.45) is 11.8 Å². The van der Waals surface area contributed by atoms with Crippen LogP contribution in [0, 0.1) is 35.5 Å². The summed E-state index contributed by atoms with van der Waals surface area (Å²) in [6, 6.07) is 0. The SMILES string of the molecule is CC(C)=CCC/C(C)=C/CCC(C)(O)C#CC#CC(C)(O)/C=C/CC(C)CCCC(C)C. The van der Waals surface area contributed by atoms with Crippen molar-refractivity contribution in [3.05, 3.63) is 35.5 Å². The van der Waals surface area contributed by atoms with Crippen molar-refractivity contribution in [2.75, 3.05) is 0 Å². The lowest BCUT2D eigenvalue weighted by Gasteiger charge is -2.14. The van der Waals surface area contributed by atoms with Crippen molar-refractivity contribution in [1.29, 1.82) is 0 Å². The van der Waals surface area contributed by atoms with Gasteiger partial charge in [-0.2, -0.15) is 0 Å². The minimum absolute atomic E-state index is 0.562. The minimum Gasteiger partial charge on any atom is -0.378 e. The van der Waals surface area contributed by atoms with Crippen LogP contribution in [-0.4, -0.2) is 21.4 Å². The fourth-order valence-electron chi connectivity index (χ4n) is 3.24. The molecule has 0 aromatic carbocycles. The van der Waals surface area contributed by atoms with Gasteiger partial charge >= 0.3 is 0 Å². The molecule has 2 nitrogen and oxygen atoms in total. The maximum absolute atomic E-state index is 10.5. The molecule has 2 N–H and O–H groups in total. The first-order valence-corrected chi connectivity index (χ1v) is 12.3. The van der Waals surface area contributed by atoms with E-state index in [1.54, 1.807) is 19.9 Å². The Morgan fingerprint density at radius 2 is 1.56 bits per heavy atom. The molecular formula is C30H48O2. The van der Waals surface area contributed by atoms with E-state index in [4.69, 9.17) is 0 Å². The summed E-state index contributed by atoms with van der Waals surface area (Å²) in [7, 11) is 0. The van der Waals surface area contributed by atoms with Crippen LogP contribution in [0.4, 0.5) is 0 Å². The van der Waals surface area contributed by atoms with Crippen LogP contribution in [0.25, 0.3) is 0 Å². The smallest absolute Gasteiger partial charge is 0.142 e. The molecule has 0 aliphatic rings. The predicted molar refractivity (Wildman–Crippen MR) is 140 cm³/mol. The zero-order valence-corrected chi connectivity index (χ0v) is 22.0. The molecule has 180 valence electrons. The highest BCUT2D eigenvalue weighted by Gasteiger charge is 2.15. The average Bonchev–Trinajstić information content (AvgIpc) is 2.64. The third kappa shape index (κ3) is 19.0. The second kappa shape index (κ2) is 16.0. The Morgan fingerprint density at radius 1 is 0.906 bits per heavy atom. The Balaban J connectivity index is 4.54. The molecule has 3 atom stereocenters. The van der Waals surface area contributed by atoms with Gasteiger partial charge in [0.1, 0.15) is 11.2 Å². The van der Waals surface area contributed by atoms with Crippen LogP contribution >= 0.6 is 0 Å². The van der Waals surface area contributed by atoms with E-state index in [1.165, 1.54) is 30.4 Å². The summed E-state index contributed by atoms with van der Waals surface area (Å²) in [5.41, 5.74) is 0.392. The zero-order valence-electron chi connectivity index (χ0n) is 22.0. The Bertz CT molecular complexity index is 735. The largest absolute Gasteiger partial charge is 0.378 e. The molecule has 0 rings (SSSR count). The average molecular weight is 441 g/mol. The fourth-order valence-corrected chi connectivity index (χ4v) is 3.24. The maximum Gasteiger partial charge on any atom is 0.142 e. The number of aliphatic hydroxyl groups is 2. The summed E-state index contributed by atoms with van der Waals surface area (Å²) in [6.45, 7) is 16.5. The van der Waals surface area contributed by atoms with E-state index in [0.29, 0.717) is 12.3 Å². The topological polar surface area (TPSA) is 40.5 Å². The minimum atomic E-state index is -1.21. The molecule has 0 saturated carbocycles. The quantitative estimate of drug-likeness (QED) is 0.232. The van der Waals surface area contributed by atoms with Crippen LogP contribution in [0.5, 0.6) is 0 Å². The van der Waals surface area contributed by atoms with Crippen LogP contribution < -0.4 is 0 Å². The van der Waals surface area contributed by atoms with Crippen LogP contribution in [0.2, 0.25) is 0 Å². The molecule has 0 amide bonds. The summed E-state index contributed by atoms with van der Waals surface area (Å²) in [5, 5.41) is 20.9. The lowest BCUT2D eigenvalue weighted by atomic mass is 9.96. The Labute approximate surface area is 199 Å². The second-order valence-corrected chi connectivity index (χ2v) is 10.4. The summed E-state index contributed by atoms with van der Waals surface area (Å²) < 4.78 is 0. The van der Waals surface area contributed by atoms with Gasteiger partial charge in [0.2, 0.25) is 0 Å². The van der Waals surface area contributed by atoms with Crippen molar-refractivity contribution >= 4 is 0 Å². The first kappa shape index (κ1) is 30.3. The molecule has 3 unspecified atom stereocenters. The van der Waals surface area contributed by atoms with Gasteiger partial charge in [-0.15, -0.1) is 0 Å². The van der Waals surface area contributed by atoms with Crippen molar-refractivity contribution in [3.63, 3.8) is 0 Å². The van der Waals surface area contributed by atoms with E-state index in [-0.39, 0.29) is 0 Å². The van der Waals surface area contributed by atoms with E-state index in [1.807, 2.05) is 6.08 Å². The fraction of sp³-hybridized carbons (Fsp3) is 0.667. The molecule has 0 fully saturated rings. The third-order valence-corrected chi connectivity index (χ3v) is 5.38. The standard InChI is InChI=1S/C30H48O2/c1-25(2)15-11-17-27(5)19-13-23-29(7,31)21-9-10-22-30(8,32)24-14-20-28(6)18-12-16-26(3)4/h13,16,20,23,25,27,31-32H,11-12,14-15,17-19,24H2,1-8H3/b23-13+,28-20+. The van der Waals surface area contributed by atoms with E-state index in [0.717, 1.165) is 31.6 Å². The van der Waals surface area contributed by atoms with Gasteiger partial charge in [0, 0.05) is 0 Å². The van der Waals surface area contributed by atoms with Gasteiger partial charge in [-0.25, -0.2) is 0 Å². The van der Waals surface area contributed by atoms with Crippen molar-refractivity contribution < 1.29 is 10.2 Å². The Hall–Kier alpha value is -1.74. The van der Waals surface area contributed by atoms with Gasteiger partial charge in [0.05, 0.1) is 0 Å². The Morgan fingerprint density at radius 3 is 2.19 bits per heavy atom. The monoisotopic (exact) mass is 440 g/mol. The lowest BCUT2D eigenvalue weighted by Crippen LogP contribution is -2.21. The molecule has 0 radical (unpaired) electrons. The summed E-state index contributed by atoms with van der Waals surface area (Å²) in [5.74, 6) is 12.4. The lowest BCUT2D eigenvalue weighted by molar-refractivity contribution is 0.113. The van der Waals surface area contributed by atoms with Gasteiger partial charge < -0.3 is 10.2 Å². The highest BCUT2D eigenvalue weighted by molar-refractivity contribution is 5.34.